The maximum Gasteiger partial charge on any atom is 0.335 e. The van der Waals surface area contributed by atoms with Crippen molar-refractivity contribution >= 4 is 57.1 Å². The van der Waals surface area contributed by atoms with Crippen molar-refractivity contribution < 1.29 is 19.1 Å². The number of carbonyl (C=O) groups excluding carboxylic acids is 3. The van der Waals surface area contributed by atoms with Gasteiger partial charge in [0.15, 0.2) is 12.4 Å². The second kappa shape index (κ2) is 8.69. The average Bonchev–Trinajstić information content (AvgIpc) is 2.63. The largest absolute Gasteiger partial charge is 0.476 e. The Balaban J connectivity index is 2.02. The fourth-order valence-corrected chi connectivity index (χ4v) is 4.03. The van der Waals surface area contributed by atoms with Crippen LogP contribution >= 0.6 is 27.5 Å². The van der Waals surface area contributed by atoms with Crippen LogP contribution in [0.5, 0.6) is 5.75 Å². The Labute approximate surface area is 186 Å². The zero-order valence-electron chi connectivity index (χ0n) is 16.0. The minimum atomic E-state index is -0.813. The van der Waals surface area contributed by atoms with Gasteiger partial charge in [0.2, 0.25) is 0 Å². The Bertz CT molecular complexity index is 1110. The van der Waals surface area contributed by atoms with Crippen molar-refractivity contribution in [2.75, 3.05) is 11.5 Å². The van der Waals surface area contributed by atoms with Gasteiger partial charge in [-0.25, -0.2) is 9.69 Å². The van der Waals surface area contributed by atoms with Gasteiger partial charge in [-0.15, -0.1) is 0 Å². The van der Waals surface area contributed by atoms with Crippen molar-refractivity contribution in [1.29, 1.82) is 5.26 Å². The number of amides is 4. The molecule has 2 aromatic rings. The Kier molecular flexibility index (Phi) is 6.25. The first-order chi connectivity index (χ1) is 14.2. The number of ether oxygens (including phenoxy) is 1. The molecule has 1 fully saturated rings. The highest BCUT2D eigenvalue weighted by atomic mass is 79.9. The summed E-state index contributed by atoms with van der Waals surface area (Å²) in [5, 5.41) is 11.0. The van der Waals surface area contributed by atoms with Crippen LogP contribution in [0.2, 0.25) is 5.02 Å². The number of nitriles is 1. The van der Waals surface area contributed by atoms with Gasteiger partial charge in [-0.1, -0.05) is 17.7 Å². The summed E-state index contributed by atoms with van der Waals surface area (Å²) in [5.41, 5.74) is 2.33. The van der Waals surface area contributed by atoms with E-state index in [1.807, 2.05) is 26.0 Å². The van der Waals surface area contributed by atoms with Crippen LogP contribution in [-0.2, 0) is 9.59 Å². The van der Waals surface area contributed by atoms with Gasteiger partial charge < -0.3 is 4.74 Å². The number of nitrogens with one attached hydrogen (secondary N) is 1. The molecule has 4 amide bonds. The fourth-order valence-electron chi connectivity index (χ4n) is 3.04. The molecular formula is C21H15BrClN3O4. The SMILES string of the molecule is Cc1cc(C)cc(N2C(=O)NC(=O)/C(=C\c3cc(Cl)c(OCC#N)c(Br)c3)C2=O)c1. The van der Waals surface area contributed by atoms with E-state index in [1.54, 1.807) is 18.2 Å². The van der Waals surface area contributed by atoms with Crippen LogP contribution in [0, 0.1) is 25.2 Å². The van der Waals surface area contributed by atoms with E-state index in [1.165, 1.54) is 12.1 Å². The summed E-state index contributed by atoms with van der Waals surface area (Å²) in [7, 11) is 0. The van der Waals surface area contributed by atoms with Crippen LogP contribution in [-0.4, -0.2) is 24.5 Å². The summed E-state index contributed by atoms with van der Waals surface area (Å²) < 4.78 is 5.70. The maximum absolute atomic E-state index is 13.0. The predicted octanol–water partition coefficient (Wildman–Crippen LogP) is 4.29. The lowest BCUT2D eigenvalue weighted by atomic mass is 10.1. The van der Waals surface area contributed by atoms with E-state index in [9.17, 15) is 14.4 Å². The summed E-state index contributed by atoms with van der Waals surface area (Å²) in [6.07, 6.45) is 1.34. The molecule has 3 rings (SSSR count). The monoisotopic (exact) mass is 487 g/mol. The first-order valence-corrected chi connectivity index (χ1v) is 9.87. The molecule has 9 heteroatoms. The van der Waals surface area contributed by atoms with Crippen LogP contribution in [0.4, 0.5) is 10.5 Å². The number of imide groups is 2. The lowest BCUT2D eigenvalue weighted by molar-refractivity contribution is -0.122. The Hall–Kier alpha value is -3.15. The third-order valence-electron chi connectivity index (χ3n) is 4.18. The smallest absolute Gasteiger partial charge is 0.335 e. The minimum Gasteiger partial charge on any atom is -0.476 e. The van der Waals surface area contributed by atoms with Crippen LogP contribution in [0.1, 0.15) is 16.7 Å². The number of nitrogens with zero attached hydrogens (tertiary/aromatic N) is 2. The van der Waals surface area contributed by atoms with Crippen molar-refractivity contribution in [2.24, 2.45) is 0 Å². The molecule has 0 aliphatic carbocycles. The zero-order valence-corrected chi connectivity index (χ0v) is 18.3. The highest BCUT2D eigenvalue weighted by Gasteiger charge is 2.37. The fraction of sp³-hybridized carbons (Fsp3) is 0.143. The molecule has 0 atom stereocenters. The number of urea groups is 1. The van der Waals surface area contributed by atoms with Crippen molar-refractivity contribution in [3.8, 4) is 11.8 Å². The molecule has 1 saturated heterocycles. The van der Waals surface area contributed by atoms with Crippen molar-refractivity contribution in [1.82, 2.24) is 5.32 Å². The maximum atomic E-state index is 13.0. The number of hydrogen-bond donors (Lipinski definition) is 1. The van der Waals surface area contributed by atoms with Gasteiger partial charge in [0.1, 0.15) is 11.6 Å². The lowest BCUT2D eigenvalue weighted by Crippen LogP contribution is -2.54. The topological polar surface area (TPSA) is 99.5 Å². The second-order valence-electron chi connectivity index (χ2n) is 6.56. The molecule has 0 aromatic heterocycles. The molecule has 1 N–H and O–H groups in total. The number of halogens is 2. The van der Waals surface area contributed by atoms with Crippen molar-refractivity contribution in [3.63, 3.8) is 0 Å². The summed E-state index contributed by atoms with van der Waals surface area (Å²) in [5.74, 6) is -1.28. The van der Waals surface area contributed by atoms with Crippen LogP contribution < -0.4 is 15.0 Å². The Morgan fingerprint density at radius 2 is 1.83 bits per heavy atom. The predicted molar refractivity (Wildman–Crippen MR) is 115 cm³/mol. The van der Waals surface area contributed by atoms with Crippen LogP contribution in [0.3, 0.4) is 0 Å². The highest BCUT2D eigenvalue weighted by molar-refractivity contribution is 9.10. The van der Waals surface area contributed by atoms with E-state index < -0.39 is 17.8 Å². The van der Waals surface area contributed by atoms with E-state index in [4.69, 9.17) is 21.6 Å². The molecule has 7 nitrogen and oxygen atoms in total. The molecule has 1 aliphatic rings. The summed E-state index contributed by atoms with van der Waals surface area (Å²) >= 11 is 9.50. The molecule has 0 bridgehead atoms. The Morgan fingerprint density at radius 3 is 2.43 bits per heavy atom. The summed E-state index contributed by atoms with van der Waals surface area (Å²) in [6.45, 7) is 3.51. The van der Waals surface area contributed by atoms with E-state index >= 15 is 0 Å². The van der Waals surface area contributed by atoms with Gasteiger partial charge in [-0.3, -0.25) is 14.9 Å². The number of hydrogen-bond acceptors (Lipinski definition) is 5. The molecule has 0 radical (unpaired) electrons. The van der Waals surface area contributed by atoms with Crippen LogP contribution in [0.25, 0.3) is 6.08 Å². The number of rotatable bonds is 4. The first-order valence-electron chi connectivity index (χ1n) is 8.70. The van der Waals surface area contributed by atoms with Crippen molar-refractivity contribution in [3.05, 3.63) is 62.1 Å². The van der Waals surface area contributed by atoms with E-state index in [0.29, 0.717) is 15.7 Å². The summed E-state index contributed by atoms with van der Waals surface area (Å²) in [6, 6.07) is 9.39. The van der Waals surface area contributed by atoms with Gasteiger partial charge in [-0.2, -0.15) is 5.26 Å². The van der Waals surface area contributed by atoms with Gasteiger partial charge >= 0.3 is 6.03 Å². The first kappa shape index (κ1) is 21.6. The zero-order chi connectivity index (χ0) is 22.0. The average molecular weight is 489 g/mol. The number of benzene rings is 2. The molecule has 2 aromatic carbocycles. The minimum absolute atomic E-state index is 0.188. The number of carbonyl (C=O) groups is 3. The molecule has 0 spiro atoms. The van der Waals surface area contributed by atoms with E-state index in [0.717, 1.165) is 16.0 Å². The molecular weight excluding hydrogens is 474 g/mol. The Morgan fingerprint density at radius 1 is 1.17 bits per heavy atom. The second-order valence-corrected chi connectivity index (χ2v) is 7.83. The molecule has 0 saturated carbocycles. The lowest BCUT2D eigenvalue weighted by Gasteiger charge is -2.27. The highest BCUT2D eigenvalue weighted by Crippen LogP contribution is 2.35. The molecule has 0 unspecified atom stereocenters. The van der Waals surface area contributed by atoms with Crippen LogP contribution in [0.15, 0.2) is 40.4 Å². The molecule has 30 heavy (non-hydrogen) atoms. The van der Waals surface area contributed by atoms with Gasteiger partial charge in [-0.05, 0) is 76.8 Å². The number of aryl methyl sites for hydroxylation is 2. The molecule has 1 heterocycles. The van der Waals surface area contributed by atoms with E-state index in [-0.39, 0.29) is 23.0 Å². The van der Waals surface area contributed by atoms with E-state index in [2.05, 4.69) is 21.2 Å². The van der Waals surface area contributed by atoms with Gasteiger partial charge in [0.25, 0.3) is 11.8 Å². The third kappa shape index (κ3) is 4.37. The number of anilines is 1. The third-order valence-corrected chi connectivity index (χ3v) is 5.05. The molecule has 1 aliphatic heterocycles. The normalized spacial score (nSPS) is 15.2. The van der Waals surface area contributed by atoms with Crippen molar-refractivity contribution in [2.45, 2.75) is 13.8 Å². The quantitative estimate of drug-likeness (QED) is 0.511. The van der Waals surface area contributed by atoms with Gasteiger partial charge in [0.05, 0.1) is 15.2 Å². The molecule has 152 valence electrons. The summed E-state index contributed by atoms with van der Waals surface area (Å²) in [4.78, 5) is 38.7. The standard InChI is InChI=1S/C21H15BrClN3O4/c1-11-5-12(2)7-14(6-11)26-20(28)15(19(27)25-21(26)29)8-13-9-16(22)18(17(23)10-13)30-4-3-24/h5-10H,4H2,1-2H3,(H,25,27,29)/b15-8+. The van der Waals surface area contributed by atoms with Gasteiger partial charge in [0, 0.05) is 0 Å². The number of barbiturate groups is 1.